The van der Waals surface area contributed by atoms with Crippen molar-refractivity contribution in [1.29, 1.82) is 0 Å². The summed E-state index contributed by atoms with van der Waals surface area (Å²) in [6.07, 6.45) is 0. The van der Waals surface area contributed by atoms with Gasteiger partial charge in [-0.05, 0) is 56.2 Å². The minimum atomic E-state index is -0.384. The van der Waals surface area contributed by atoms with Gasteiger partial charge in [-0.1, -0.05) is 35.9 Å². The second-order valence-corrected chi connectivity index (χ2v) is 7.19. The van der Waals surface area contributed by atoms with Crippen molar-refractivity contribution >= 4 is 16.7 Å². The second kappa shape index (κ2) is 6.93. The third kappa shape index (κ3) is 3.16. The number of nitrogens with zero attached hydrogens (tertiary/aromatic N) is 3. The molecule has 0 spiro atoms. The Morgan fingerprint density at radius 3 is 2.21 bits per heavy atom. The van der Waals surface area contributed by atoms with Gasteiger partial charge in [0.15, 0.2) is 0 Å². The molecule has 0 N–H and O–H groups in total. The summed E-state index contributed by atoms with van der Waals surface area (Å²) >= 11 is 0. The van der Waals surface area contributed by atoms with Crippen LogP contribution in [0.25, 0.3) is 22.4 Å². The molecule has 4 rings (SSSR count). The molecule has 0 saturated carbocycles. The number of non-ortho nitro benzene ring substituents is 1. The van der Waals surface area contributed by atoms with Gasteiger partial charge in [0.25, 0.3) is 5.69 Å². The van der Waals surface area contributed by atoms with Crippen LogP contribution in [0, 0.1) is 24.0 Å². The number of aromatic nitrogens is 2. The van der Waals surface area contributed by atoms with Crippen LogP contribution in [0.15, 0.2) is 66.7 Å². The van der Waals surface area contributed by atoms with Gasteiger partial charge in [-0.25, -0.2) is 4.98 Å². The topological polar surface area (TPSA) is 61.0 Å². The number of nitro benzene ring substituents is 1. The first kappa shape index (κ1) is 17.9. The molecule has 5 nitrogen and oxygen atoms in total. The quantitative estimate of drug-likeness (QED) is 0.334. The van der Waals surface area contributed by atoms with Gasteiger partial charge in [0, 0.05) is 17.7 Å². The first-order valence-corrected chi connectivity index (χ1v) is 9.24. The Morgan fingerprint density at radius 2 is 1.57 bits per heavy atom. The monoisotopic (exact) mass is 371 g/mol. The molecular weight excluding hydrogens is 350 g/mol. The standard InChI is InChI=1S/C23H21N3O2/c1-15-4-7-18(8-5-15)17(3)25-22-14-16(2)6-13-21(22)24-23(25)19-9-11-20(12-10-19)26(27)28/h4-14,17H,1-3H3. The zero-order chi connectivity index (χ0) is 19.8. The number of rotatable bonds is 4. The molecule has 0 saturated heterocycles. The lowest BCUT2D eigenvalue weighted by molar-refractivity contribution is -0.384. The molecule has 0 aliphatic rings. The van der Waals surface area contributed by atoms with Crippen molar-refractivity contribution in [1.82, 2.24) is 9.55 Å². The summed E-state index contributed by atoms with van der Waals surface area (Å²) in [6.45, 7) is 6.30. The molecule has 1 atom stereocenters. The number of aryl methyl sites for hydroxylation is 2. The summed E-state index contributed by atoms with van der Waals surface area (Å²) in [5.74, 6) is 0.809. The van der Waals surface area contributed by atoms with Crippen molar-refractivity contribution < 1.29 is 4.92 Å². The van der Waals surface area contributed by atoms with Gasteiger partial charge in [-0.2, -0.15) is 0 Å². The molecule has 4 aromatic rings. The van der Waals surface area contributed by atoms with Crippen LogP contribution in [-0.2, 0) is 0 Å². The highest BCUT2D eigenvalue weighted by Gasteiger charge is 2.19. The zero-order valence-electron chi connectivity index (χ0n) is 16.1. The number of hydrogen-bond donors (Lipinski definition) is 0. The fourth-order valence-corrected chi connectivity index (χ4v) is 3.52. The van der Waals surface area contributed by atoms with Gasteiger partial charge in [0.2, 0.25) is 0 Å². The molecule has 0 aliphatic carbocycles. The van der Waals surface area contributed by atoms with Crippen LogP contribution in [-0.4, -0.2) is 14.5 Å². The van der Waals surface area contributed by atoms with Crippen LogP contribution in [0.5, 0.6) is 0 Å². The van der Waals surface area contributed by atoms with Crippen LogP contribution >= 0.6 is 0 Å². The first-order chi connectivity index (χ1) is 13.4. The summed E-state index contributed by atoms with van der Waals surface area (Å²) in [5, 5.41) is 11.0. The highest BCUT2D eigenvalue weighted by molar-refractivity contribution is 5.82. The van der Waals surface area contributed by atoms with Crippen molar-refractivity contribution in [3.63, 3.8) is 0 Å². The molecule has 0 amide bonds. The molecule has 1 unspecified atom stereocenters. The largest absolute Gasteiger partial charge is 0.317 e. The predicted octanol–water partition coefficient (Wildman–Crippen LogP) is 5.84. The first-order valence-electron chi connectivity index (χ1n) is 9.24. The molecule has 5 heteroatoms. The van der Waals surface area contributed by atoms with Crippen molar-refractivity contribution in [3.05, 3.63) is 93.5 Å². The van der Waals surface area contributed by atoms with E-state index in [0.717, 1.165) is 22.4 Å². The van der Waals surface area contributed by atoms with E-state index in [2.05, 4.69) is 61.7 Å². The van der Waals surface area contributed by atoms with Gasteiger partial charge in [-0.15, -0.1) is 0 Å². The van der Waals surface area contributed by atoms with E-state index in [9.17, 15) is 10.1 Å². The van der Waals surface area contributed by atoms with Gasteiger partial charge < -0.3 is 4.57 Å². The molecule has 0 bridgehead atoms. The number of fused-ring (bicyclic) bond motifs is 1. The minimum absolute atomic E-state index is 0.0672. The Labute approximate surface area is 163 Å². The molecular formula is C23H21N3O2. The summed E-state index contributed by atoms with van der Waals surface area (Å²) in [5.41, 5.74) is 6.49. The van der Waals surface area contributed by atoms with Gasteiger partial charge in [-0.3, -0.25) is 10.1 Å². The molecule has 1 heterocycles. The molecule has 0 radical (unpaired) electrons. The molecule has 0 aliphatic heterocycles. The Hall–Kier alpha value is -3.47. The van der Waals surface area contributed by atoms with E-state index in [-0.39, 0.29) is 16.7 Å². The van der Waals surface area contributed by atoms with Gasteiger partial charge >= 0.3 is 0 Å². The van der Waals surface area contributed by atoms with E-state index >= 15 is 0 Å². The highest BCUT2D eigenvalue weighted by atomic mass is 16.6. The summed E-state index contributed by atoms with van der Waals surface area (Å²) < 4.78 is 2.22. The van der Waals surface area contributed by atoms with Crippen LogP contribution in [0.4, 0.5) is 5.69 Å². The maximum atomic E-state index is 11.0. The Balaban J connectivity index is 1.91. The molecule has 28 heavy (non-hydrogen) atoms. The fourth-order valence-electron chi connectivity index (χ4n) is 3.52. The van der Waals surface area contributed by atoms with Crippen molar-refractivity contribution in [2.24, 2.45) is 0 Å². The zero-order valence-corrected chi connectivity index (χ0v) is 16.1. The number of imidazole rings is 1. The summed E-state index contributed by atoms with van der Waals surface area (Å²) in [6, 6.07) is 21.4. The number of benzene rings is 3. The van der Waals surface area contributed by atoms with E-state index in [1.165, 1.54) is 28.8 Å². The molecule has 1 aromatic heterocycles. The van der Waals surface area contributed by atoms with Crippen molar-refractivity contribution in [3.8, 4) is 11.4 Å². The highest BCUT2D eigenvalue weighted by Crippen LogP contribution is 2.32. The number of hydrogen-bond acceptors (Lipinski definition) is 3. The lowest BCUT2D eigenvalue weighted by Crippen LogP contribution is -2.08. The Kier molecular flexibility index (Phi) is 4.43. The summed E-state index contributed by atoms with van der Waals surface area (Å²) in [7, 11) is 0. The van der Waals surface area contributed by atoms with Crippen molar-refractivity contribution in [2.45, 2.75) is 26.8 Å². The van der Waals surface area contributed by atoms with Crippen LogP contribution in [0.1, 0.15) is 29.7 Å². The number of nitro groups is 1. The molecule has 140 valence electrons. The fraction of sp³-hybridized carbons (Fsp3) is 0.174. The van der Waals surface area contributed by atoms with Crippen LogP contribution in [0.3, 0.4) is 0 Å². The smallest absolute Gasteiger partial charge is 0.269 e. The lowest BCUT2D eigenvalue weighted by atomic mass is 10.1. The van der Waals surface area contributed by atoms with Gasteiger partial charge in [0.05, 0.1) is 22.0 Å². The maximum absolute atomic E-state index is 11.0. The van der Waals surface area contributed by atoms with E-state index in [1.54, 1.807) is 12.1 Å². The third-order valence-electron chi connectivity index (χ3n) is 5.13. The SMILES string of the molecule is Cc1ccc(C(C)n2c(-c3ccc([N+](=O)[O-])cc3)nc3ccc(C)cc32)cc1. The molecule has 3 aromatic carbocycles. The maximum Gasteiger partial charge on any atom is 0.269 e. The van der Waals surface area contributed by atoms with Gasteiger partial charge in [0.1, 0.15) is 5.82 Å². The third-order valence-corrected chi connectivity index (χ3v) is 5.13. The Bertz CT molecular complexity index is 1160. The molecule has 0 fully saturated rings. The average Bonchev–Trinajstić information content (AvgIpc) is 3.06. The minimum Gasteiger partial charge on any atom is -0.317 e. The summed E-state index contributed by atoms with van der Waals surface area (Å²) in [4.78, 5) is 15.5. The van der Waals surface area contributed by atoms with Crippen LogP contribution in [0.2, 0.25) is 0 Å². The van der Waals surface area contributed by atoms with E-state index < -0.39 is 0 Å². The van der Waals surface area contributed by atoms with E-state index in [0.29, 0.717) is 0 Å². The average molecular weight is 371 g/mol. The Morgan fingerprint density at radius 1 is 0.929 bits per heavy atom. The predicted molar refractivity (Wildman–Crippen MR) is 112 cm³/mol. The van der Waals surface area contributed by atoms with Crippen LogP contribution < -0.4 is 0 Å². The van der Waals surface area contributed by atoms with Crippen molar-refractivity contribution in [2.75, 3.05) is 0 Å². The van der Waals surface area contributed by atoms with E-state index in [1.807, 2.05) is 6.07 Å². The normalized spacial score (nSPS) is 12.2. The van der Waals surface area contributed by atoms with E-state index in [4.69, 9.17) is 4.98 Å². The second-order valence-electron chi connectivity index (χ2n) is 7.19. The lowest BCUT2D eigenvalue weighted by Gasteiger charge is -2.19.